The lowest BCUT2D eigenvalue weighted by Gasteiger charge is -2.20. The number of pyridine rings is 1. The van der Waals surface area contributed by atoms with E-state index in [1.165, 1.54) is 0 Å². The first-order chi connectivity index (χ1) is 17.0. The van der Waals surface area contributed by atoms with Gasteiger partial charge in [0.1, 0.15) is 18.5 Å². The number of anilines is 1. The average Bonchev–Trinajstić information content (AvgIpc) is 3.32. The van der Waals surface area contributed by atoms with Crippen LogP contribution in [0.5, 0.6) is 11.6 Å². The Morgan fingerprint density at radius 3 is 2.60 bits per heavy atom. The lowest BCUT2D eigenvalue weighted by molar-refractivity contribution is 0.136. The highest BCUT2D eigenvalue weighted by atomic mass is 16.5. The van der Waals surface area contributed by atoms with Crippen molar-refractivity contribution < 1.29 is 19.0 Å². The molecule has 35 heavy (non-hydrogen) atoms. The van der Waals surface area contributed by atoms with Gasteiger partial charge in [0.05, 0.1) is 18.7 Å². The average molecular weight is 476 g/mol. The summed E-state index contributed by atoms with van der Waals surface area (Å²) in [5, 5.41) is 2.88. The van der Waals surface area contributed by atoms with Gasteiger partial charge in [-0.15, -0.1) is 0 Å². The van der Waals surface area contributed by atoms with Gasteiger partial charge < -0.3 is 24.4 Å². The van der Waals surface area contributed by atoms with E-state index in [1.54, 1.807) is 6.20 Å². The molecule has 1 aliphatic rings. The number of hydrogen-bond donors (Lipinski definition) is 1. The van der Waals surface area contributed by atoms with Crippen molar-refractivity contribution in [1.82, 2.24) is 10.3 Å². The Balaban J connectivity index is 1.25. The predicted molar refractivity (Wildman–Crippen MR) is 136 cm³/mol. The molecular formula is C28H33N3O4. The zero-order chi connectivity index (χ0) is 24.6. The van der Waals surface area contributed by atoms with Crippen LogP contribution in [0.15, 0.2) is 72.9 Å². The number of nitrogens with zero attached hydrogens (tertiary/aromatic N) is 2. The number of rotatable bonds is 9. The second-order valence-electron chi connectivity index (χ2n) is 8.99. The van der Waals surface area contributed by atoms with Crippen LogP contribution in [0.3, 0.4) is 0 Å². The van der Waals surface area contributed by atoms with E-state index >= 15 is 0 Å². The van der Waals surface area contributed by atoms with Gasteiger partial charge in [-0.05, 0) is 50.1 Å². The molecule has 2 heterocycles. The van der Waals surface area contributed by atoms with E-state index in [0.29, 0.717) is 5.88 Å². The second kappa shape index (κ2) is 11.6. The van der Waals surface area contributed by atoms with Crippen LogP contribution in [0, 0.1) is 0 Å². The van der Waals surface area contributed by atoms with Crippen molar-refractivity contribution in [2.45, 2.75) is 52.0 Å². The Labute approximate surface area is 207 Å². The Bertz CT molecular complexity index is 1090. The number of benzene rings is 2. The van der Waals surface area contributed by atoms with Crippen molar-refractivity contribution >= 4 is 11.8 Å². The lowest BCUT2D eigenvalue weighted by atomic mass is 10.1. The molecule has 1 saturated heterocycles. The molecule has 2 aromatic carbocycles. The summed E-state index contributed by atoms with van der Waals surface area (Å²) < 4.78 is 17.3. The highest BCUT2D eigenvalue weighted by Crippen LogP contribution is 2.26. The second-order valence-corrected chi connectivity index (χ2v) is 8.99. The Hall–Kier alpha value is -3.74. The van der Waals surface area contributed by atoms with Crippen LogP contribution in [0.25, 0.3) is 0 Å². The number of alkyl carbamates (subject to hydrolysis) is 1. The molecule has 1 aliphatic heterocycles. The van der Waals surface area contributed by atoms with Crippen LogP contribution < -0.4 is 19.7 Å². The highest BCUT2D eigenvalue weighted by molar-refractivity contribution is 5.67. The monoisotopic (exact) mass is 475 g/mol. The summed E-state index contributed by atoms with van der Waals surface area (Å²) in [6.45, 7) is 7.89. The molecule has 1 amide bonds. The van der Waals surface area contributed by atoms with E-state index in [-0.39, 0.29) is 24.9 Å². The summed E-state index contributed by atoms with van der Waals surface area (Å²) in [5.74, 6) is 1.46. The largest absolute Gasteiger partial charge is 0.489 e. The Morgan fingerprint density at radius 1 is 1.09 bits per heavy atom. The normalized spacial score (nSPS) is 16.1. The molecule has 0 bridgehead atoms. The van der Waals surface area contributed by atoms with E-state index < -0.39 is 6.09 Å². The number of ether oxygens (including phenoxy) is 3. The first-order valence-corrected chi connectivity index (χ1v) is 12.1. The minimum Gasteiger partial charge on any atom is -0.489 e. The molecule has 4 rings (SSSR count). The molecule has 184 valence electrons. The lowest BCUT2D eigenvalue weighted by Crippen LogP contribution is -2.27. The van der Waals surface area contributed by atoms with Gasteiger partial charge in [0.15, 0.2) is 0 Å². The van der Waals surface area contributed by atoms with Crippen LogP contribution in [0.2, 0.25) is 0 Å². The van der Waals surface area contributed by atoms with Gasteiger partial charge in [-0.1, -0.05) is 42.5 Å². The molecule has 1 fully saturated rings. The van der Waals surface area contributed by atoms with Gasteiger partial charge in [0.25, 0.3) is 0 Å². The first kappa shape index (κ1) is 24.4. The van der Waals surface area contributed by atoms with Gasteiger partial charge in [0, 0.05) is 30.9 Å². The summed E-state index contributed by atoms with van der Waals surface area (Å²) in [6.07, 6.45) is 2.48. The summed E-state index contributed by atoms with van der Waals surface area (Å²) in [5.41, 5.74) is 3.03. The molecule has 1 aromatic heterocycles. The molecule has 0 unspecified atom stereocenters. The zero-order valence-corrected chi connectivity index (χ0v) is 20.5. The summed E-state index contributed by atoms with van der Waals surface area (Å²) >= 11 is 0. The van der Waals surface area contributed by atoms with E-state index in [0.717, 1.165) is 42.1 Å². The third kappa shape index (κ3) is 7.12. The number of aromatic nitrogens is 1. The van der Waals surface area contributed by atoms with Gasteiger partial charge in [-0.3, -0.25) is 0 Å². The smallest absolute Gasteiger partial charge is 0.407 e. The fourth-order valence-corrected chi connectivity index (χ4v) is 4.01. The standard InChI is InChI=1S/C28H33N3O4/c1-20(2)34-27-17-24(13-15-29-27)31-16-14-26(18-31)35-25-11-9-23(10-12-25)21(3)30-28(32)33-19-22-7-5-4-6-8-22/h4-13,15,17,20-21,26H,14,16,18-19H2,1-3H3,(H,30,32)/t21-,26+/m0/s1. The summed E-state index contributed by atoms with van der Waals surface area (Å²) in [6, 6.07) is 21.3. The SMILES string of the molecule is CC(C)Oc1cc(N2CC[C@@H](Oc3ccc([C@H](C)NC(=O)OCc4ccccc4)cc3)C2)ccn1. The number of nitrogens with one attached hydrogen (secondary N) is 1. The van der Waals surface area contributed by atoms with Crippen molar-refractivity contribution in [2.24, 2.45) is 0 Å². The predicted octanol–water partition coefficient (Wildman–Crippen LogP) is 5.51. The fourth-order valence-electron chi connectivity index (χ4n) is 4.01. The molecule has 7 heteroatoms. The fraction of sp³-hybridized carbons (Fsp3) is 0.357. The van der Waals surface area contributed by atoms with Gasteiger partial charge in [0.2, 0.25) is 5.88 Å². The van der Waals surface area contributed by atoms with E-state index in [1.807, 2.05) is 87.5 Å². The van der Waals surface area contributed by atoms with Crippen LogP contribution in [0.1, 0.15) is 44.4 Å². The Kier molecular flexibility index (Phi) is 8.08. The molecule has 0 aliphatic carbocycles. The van der Waals surface area contributed by atoms with Crippen LogP contribution >= 0.6 is 0 Å². The Morgan fingerprint density at radius 2 is 1.86 bits per heavy atom. The maximum atomic E-state index is 12.1. The molecule has 2 atom stereocenters. The number of hydrogen-bond acceptors (Lipinski definition) is 6. The molecule has 3 aromatic rings. The van der Waals surface area contributed by atoms with Crippen molar-refractivity contribution in [3.8, 4) is 11.6 Å². The van der Waals surface area contributed by atoms with Crippen molar-refractivity contribution in [1.29, 1.82) is 0 Å². The van der Waals surface area contributed by atoms with Crippen LogP contribution in [-0.2, 0) is 11.3 Å². The van der Waals surface area contributed by atoms with Crippen LogP contribution in [-0.4, -0.2) is 36.4 Å². The van der Waals surface area contributed by atoms with E-state index in [9.17, 15) is 4.79 Å². The number of carbonyl (C=O) groups is 1. The maximum absolute atomic E-state index is 12.1. The molecule has 0 radical (unpaired) electrons. The number of carbonyl (C=O) groups excluding carboxylic acids is 1. The van der Waals surface area contributed by atoms with Crippen LogP contribution in [0.4, 0.5) is 10.5 Å². The number of amides is 1. The first-order valence-electron chi connectivity index (χ1n) is 12.1. The molecule has 7 nitrogen and oxygen atoms in total. The third-order valence-corrected chi connectivity index (χ3v) is 5.82. The molecule has 0 saturated carbocycles. The highest BCUT2D eigenvalue weighted by Gasteiger charge is 2.25. The minimum atomic E-state index is -0.439. The van der Waals surface area contributed by atoms with E-state index in [4.69, 9.17) is 14.2 Å². The van der Waals surface area contributed by atoms with Gasteiger partial charge in [-0.25, -0.2) is 9.78 Å². The molecule has 0 spiro atoms. The third-order valence-electron chi connectivity index (χ3n) is 5.82. The quantitative estimate of drug-likeness (QED) is 0.440. The molecule has 1 N–H and O–H groups in total. The molecular weight excluding hydrogens is 442 g/mol. The summed E-state index contributed by atoms with van der Waals surface area (Å²) in [7, 11) is 0. The van der Waals surface area contributed by atoms with Gasteiger partial charge in [-0.2, -0.15) is 0 Å². The van der Waals surface area contributed by atoms with E-state index in [2.05, 4.69) is 15.2 Å². The van der Waals surface area contributed by atoms with Crippen molar-refractivity contribution in [2.75, 3.05) is 18.0 Å². The van der Waals surface area contributed by atoms with Crippen molar-refractivity contribution in [3.05, 3.63) is 84.1 Å². The van der Waals surface area contributed by atoms with Crippen molar-refractivity contribution in [3.63, 3.8) is 0 Å². The maximum Gasteiger partial charge on any atom is 0.407 e. The van der Waals surface area contributed by atoms with Gasteiger partial charge >= 0.3 is 6.09 Å². The summed E-state index contributed by atoms with van der Waals surface area (Å²) in [4.78, 5) is 18.7. The topological polar surface area (TPSA) is 72.9 Å². The minimum absolute atomic E-state index is 0.0910. The zero-order valence-electron chi connectivity index (χ0n) is 20.5.